The van der Waals surface area contributed by atoms with Gasteiger partial charge in [-0.1, -0.05) is 30.3 Å². The van der Waals surface area contributed by atoms with Gasteiger partial charge in [0.1, 0.15) is 11.6 Å². The zero-order chi connectivity index (χ0) is 21.2. The van der Waals surface area contributed by atoms with Crippen molar-refractivity contribution in [2.24, 2.45) is 0 Å². The molecule has 6 nitrogen and oxygen atoms in total. The van der Waals surface area contributed by atoms with Crippen LogP contribution in [-0.2, 0) is 4.74 Å². The van der Waals surface area contributed by atoms with E-state index >= 15 is 0 Å². The number of halogens is 1. The molecule has 31 heavy (non-hydrogen) atoms. The van der Waals surface area contributed by atoms with Crippen LogP contribution < -0.4 is 16.0 Å². The second kappa shape index (κ2) is 8.20. The number of nitrogens with two attached hydrogens (primary N) is 1. The number of hydrogen-bond acceptors (Lipinski definition) is 6. The Kier molecular flexibility index (Phi) is 5.09. The Bertz CT molecular complexity index is 1220. The summed E-state index contributed by atoms with van der Waals surface area (Å²) in [5, 5.41) is 3.91. The van der Waals surface area contributed by atoms with Crippen molar-refractivity contribution >= 4 is 34.0 Å². The van der Waals surface area contributed by atoms with Gasteiger partial charge in [-0.05, 0) is 36.4 Å². The predicted molar refractivity (Wildman–Crippen MR) is 122 cm³/mol. The molecule has 0 saturated carbocycles. The summed E-state index contributed by atoms with van der Waals surface area (Å²) in [5.74, 6) is 0.406. The van der Waals surface area contributed by atoms with Crippen molar-refractivity contribution in [3.8, 4) is 11.1 Å². The minimum Gasteiger partial charge on any atom is -0.383 e. The van der Waals surface area contributed by atoms with Crippen LogP contribution in [0.1, 0.15) is 0 Å². The summed E-state index contributed by atoms with van der Waals surface area (Å²) in [4.78, 5) is 11.4. The van der Waals surface area contributed by atoms with E-state index in [1.54, 1.807) is 18.2 Å². The van der Waals surface area contributed by atoms with Crippen LogP contribution in [0.5, 0.6) is 0 Å². The zero-order valence-electron chi connectivity index (χ0n) is 16.9. The van der Waals surface area contributed by atoms with Crippen molar-refractivity contribution in [3.05, 3.63) is 72.5 Å². The lowest BCUT2D eigenvalue weighted by atomic mass is 10.0. The molecule has 0 amide bonds. The van der Waals surface area contributed by atoms with Gasteiger partial charge in [0.25, 0.3) is 0 Å². The summed E-state index contributed by atoms with van der Waals surface area (Å²) in [6.07, 6.45) is 0. The molecule has 5 rings (SSSR count). The first-order valence-electron chi connectivity index (χ1n) is 10.2. The highest BCUT2D eigenvalue weighted by molar-refractivity contribution is 5.99. The highest BCUT2D eigenvalue weighted by Crippen LogP contribution is 2.32. The molecule has 1 aliphatic heterocycles. The second-order valence-corrected chi connectivity index (χ2v) is 7.39. The standard InChI is InChI=1S/C24H22FN5O/c25-21-7-2-1-4-18(21)19-5-3-6-20-22(19)28-24(29-23(20)26)27-16-8-10-17(11-9-16)30-12-14-31-15-13-30/h1-11H,12-15H2,(H3,26,27,28,29). The molecule has 7 heteroatoms. The van der Waals surface area contributed by atoms with E-state index in [0.717, 1.165) is 37.7 Å². The van der Waals surface area contributed by atoms with Crippen LogP contribution in [0.15, 0.2) is 66.7 Å². The summed E-state index contributed by atoms with van der Waals surface area (Å²) in [7, 11) is 0. The SMILES string of the molecule is Nc1nc(Nc2ccc(N3CCOCC3)cc2)nc2c(-c3ccccc3F)cccc12. The van der Waals surface area contributed by atoms with E-state index in [1.165, 1.54) is 6.07 Å². The third-order valence-corrected chi connectivity index (χ3v) is 5.42. The van der Waals surface area contributed by atoms with Gasteiger partial charge in [0.2, 0.25) is 5.95 Å². The Morgan fingerprint density at radius 2 is 1.61 bits per heavy atom. The molecule has 0 unspecified atom stereocenters. The smallest absolute Gasteiger partial charge is 0.229 e. The Labute approximate surface area is 179 Å². The fourth-order valence-electron chi connectivity index (χ4n) is 3.83. The maximum atomic E-state index is 14.4. The first-order valence-corrected chi connectivity index (χ1v) is 10.2. The van der Waals surface area contributed by atoms with E-state index in [0.29, 0.717) is 33.8 Å². The van der Waals surface area contributed by atoms with Crippen LogP contribution >= 0.6 is 0 Å². The molecule has 3 aromatic carbocycles. The van der Waals surface area contributed by atoms with Gasteiger partial charge in [-0.2, -0.15) is 4.98 Å². The minimum absolute atomic E-state index is 0.305. The van der Waals surface area contributed by atoms with Crippen molar-refractivity contribution in [1.82, 2.24) is 9.97 Å². The van der Waals surface area contributed by atoms with Crippen molar-refractivity contribution in [2.45, 2.75) is 0 Å². The fourth-order valence-corrected chi connectivity index (χ4v) is 3.83. The lowest BCUT2D eigenvalue weighted by Crippen LogP contribution is -2.36. The second-order valence-electron chi connectivity index (χ2n) is 7.39. The van der Waals surface area contributed by atoms with Gasteiger partial charge in [-0.15, -0.1) is 0 Å². The van der Waals surface area contributed by atoms with Crippen LogP contribution in [0.4, 0.5) is 27.5 Å². The Morgan fingerprint density at radius 1 is 0.871 bits per heavy atom. The summed E-state index contributed by atoms with van der Waals surface area (Å²) in [6.45, 7) is 3.26. The van der Waals surface area contributed by atoms with Gasteiger partial charge in [-0.3, -0.25) is 0 Å². The van der Waals surface area contributed by atoms with Crippen LogP contribution in [0.2, 0.25) is 0 Å². The van der Waals surface area contributed by atoms with E-state index in [4.69, 9.17) is 10.5 Å². The first-order chi connectivity index (χ1) is 15.2. The number of para-hydroxylation sites is 1. The monoisotopic (exact) mass is 415 g/mol. The molecule has 156 valence electrons. The molecule has 2 heterocycles. The number of nitrogens with one attached hydrogen (secondary N) is 1. The van der Waals surface area contributed by atoms with Crippen LogP contribution in [0.25, 0.3) is 22.0 Å². The lowest BCUT2D eigenvalue weighted by Gasteiger charge is -2.28. The van der Waals surface area contributed by atoms with Gasteiger partial charge >= 0.3 is 0 Å². The van der Waals surface area contributed by atoms with Gasteiger partial charge < -0.3 is 20.7 Å². The van der Waals surface area contributed by atoms with Gasteiger partial charge in [0.05, 0.1) is 18.7 Å². The summed E-state index contributed by atoms with van der Waals surface area (Å²) in [5.41, 5.74) is 9.97. The maximum absolute atomic E-state index is 14.4. The molecule has 3 N–H and O–H groups in total. The average molecular weight is 415 g/mol. The van der Waals surface area contributed by atoms with Gasteiger partial charge in [0, 0.05) is 41.0 Å². The largest absolute Gasteiger partial charge is 0.383 e. The highest BCUT2D eigenvalue weighted by Gasteiger charge is 2.14. The normalized spacial score (nSPS) is 14.0. The van der Waals surface area contributed by atoms with Crippen LogP contribution in [0, 0.1) is 5.82 Å². The number of anilines is 4. The third kappa shape index (κ3) is 3.87. The quantitative estimate of drug-likeness (QED) is 0.507. The molecular formula is C24H22FN5O. The van der Waals surface area contributed by atoms with E-state index in [1.807, 2.05) is 30.3 Å². The minimum atomic E-state index is -0.305. The highest BCUT2D eigenvalue weighted by atomic mass is 19.1. The van der Waals surface area contributed by atoms with Crippen molar-refractivity contribution in [1.29, 1.82) is 0 Å². The predicted octanol–water partition coefficient (Wildman–Crippen LogP) is 4.60. The number of rotatable bonds is 4. The topological polar surface area (TPSA) is 76.3 Å². The number of fused-ring (bicyclic) bond motifs is 1. The summed E-state index contributed by atoms with van der Waals surface area (Å²) in [6, 6.07) is 20.2. The fraction of sp³-hybridized carbons (Fsp3) is 0.167. The molecule has 1 fully saturated rings. The van der Waals surface area contributed by atoms with E-state index in [9.17, 15) is 4.39 Å². The van der Waals surface area contributed by atoms with Gasteiger partial charge in [-0.25, -0.2) is 9.37 Å². The molecule has 0 spiro atoms. The molecule has 0 bridgehead atoms. The zero-order valence-corrected chi connectivity index (χ0v) is 16.9. The molecule has 0 radical (unpaired) electrons. The Hall–Kier alpha value is -3.71. The lowest BCUT2D eigenvalue weighted by molar-refractivity contribution is 0.122. The number of nitrogens with zero attached hydrogens (tertiary/aromatic N) is 3. The molecule has 0 atom stereocenters. The molecule has 1 saturated heterocycles. The van der Waals surface area contributed by atoms with Crippen LogP contribution in [0.3, 0.4) is 0 Å². The Balaban J connectivity index is 1.48. The molecule has 1 aliphatic rings. The number of hydrogen-bond donors (Lipinski definition) is 2. The number of aromatic nitrogens is 2. The molecule has 4 aromatic rings. The van der Waals surface area contributed by atoms with E-state index in [2.05, 4.69) is 32.3 Å². The van der Waals surface area contributed by atoms with Crippen molar-refractivity contribution < 1.29 is 9.13 Å². The number of ether oxygens (including phenoxy) is 1. The van der Waals surface area contributed by atoms with Crippen LogP contribution in [-0.4, -0.2) is 36.3 Å². The molecule has 0 aliphatic carbocycles. The first kappa shape index (κ1) is 19.3. The maximum Gasteiger partial charge on any atom is 0.229 e. The van der Waals surface area contributed by atoms with Gasteiger partial charge in [0.15, 0.2) is 0 Å². The van der Waals surface area contributed by atoms with E-state index < -0.39 is 0 Å². The molecule has 1 aromatic heterocycles. The summed E-state index contributed by atoms with van der Waals surface area (Å²) < 4.78 is 19.9. The number of morpholine rings is 1. The molecular weight excluding hydrogens is 393 g/mol. The van der Waals surface area contributed by atoms with Crippen molar-refractivity contribution in [2.75, 3.05) is 42.3 Å². The third-order valence-electron chi connectivity index (χ3n) is 5.42. The Morgan fingerprint density at radius 3 is 2.39 bits per heavy atom. The van der Waals surface area contributed by atoms with E-state index in [-0.39, 0.29) is 5.82 Å². The summed E-state index contributed by atoms with van der Waals surface area (Å²) >= 11 is 0. The average Bonchev–Trinajstić information content (AvgIpc) is 2.80. The van der Waals surface area contributed by atoms with Crippen molar-refractivity contribution in [3.63, 3.8) is 0 Å². The number of benzene rings is 3. The number of nitrogen functional groups attached to an aromatic ring is 1.